The Hall–Kier alpha value is -2.55. The van der Waals surface area contributed by atoms with E-state index in [0.717, 1.165) is 21.5 Å². The molecular formula is C22H21ClN4O2S2. The fraction of sp³-hybridized carbons (Fsp3) is 0.273. The summed E-state index contributed by atoms with van der Waals surface area (Å²) in [6.07, 6.45) is 5.13. The van der Waals surface area contributed by atoms with Gasteiger partial charge < -0.3 is 4.74 Å². The van der Waals surface area contributed by atoms with Crippen LogP contribution in [0.3, 0.4) is 0 Å². The van der Waals surface area contributed by atoms with Crippen LogP contribution in [-0.4, -0.2) is 27.5 Å². The van der Waals surface area contributed by atoms with E-state index in [1.165, 1.54) is 16.2 Å². The molecule has 0 amide bonds. The van der Waals surface area contributed by atoms with Gasteiger partial charge in [0.05, 0.1) is 11.6 Å². The average molecular weight is 473 g/mol. The molecule has 0 N–H and O–H groups in total. The Labute approximate surface area is 193 Å². The number of carbonyl (C=O) groups excluding carboxylic acids is 1. The maximum Gasteiger partial charge on any atom is 0.342 e. The van der Waals surface area contributed by atoms with E-state index in [1.54, 1.807) is 29.4 Å². The summed E-state index contributed by atoms with van der Waals surface area (Å²) in [4.78, 5) is 31.6. The van der Waals surface area contributed by atoms with Crippen molar-refractivity contribution in [3.05, 3.63) is 57.0 Å². The molecule has 0 spiro atoms. The maximum atomic E-state index is 12.9. The molecule has 6 nitrogen and oxygen atoms in total. The van der Waals surface area contributed by atoms with Crippen LogP contribution < -0.4 is 4.90 Å². The molecule has 31 heavy (non-hydrogen) atoms. The fourth-order valence-electron chi connectivity index (χ4n) is 3.15. The first-order valence-electron chi connectivity index (χ1n) is 10.0. The highest BCUT2D eigenvalue weighted by Gasteiger charge is 2.30. The molecule has 160 valence electrons. The lowest BCUT2D eigenvalue weighted by atomic mass is 10.2. The van der Waals surface area contributed by atoms with E-state index in [4.69, 9.17) is 21.3 Å². The van der Waals surface area contributed by atoms with Crippen LogP contribution in [0, 0.1) is 0 Å². The highest BCUT2D eigenvalue weighted by molar-refractivity contribution is 7.18. The zero-order chi connectivity index (χ0) is 22.0. The van der Waals surface area contributed by atoms with E-state index in [1.807, 2.05) is 31.3 Å². The van der Waals surface area contributed by atoms with Crippen molar-refractivity contribution in [3.8, 4) is 0 Å². The van der Waals surface area contributed by atoms with Crippen molar-refractivity contribution in [1.29, 1.82) is 0 Å². The summed E-state index contributed by atoms with van der Waals surface area (Å²) in [5.41, 5.74) is 0.320. The van der Waals surface area contributed by atoms with Gasteiger partial charge in [-0.1, -0.05) is 31.5 Å². The molecule has 0 radical (unpaired) electrons. The maximum absolute atomic E-state index is 12.9. The fourth-order valence-corrected chi connectivity index (χ4v) is 5.68. The van der Waals surface area contributed by atoms with Crippen molar-refractivity contribution >= 4 is 67.2 Å². The lowest BCUT2D eigenvalue weighted by Crippen LogP contribution is -2.17. The van der Waals surface area contributed by atoms with Gasteiger partial charge in [0.1, 0.15) is 21.2 Å². The van der Waals surface area contributed by atoms with Gasteiger partial charge in [0, 0.05) is 27.5 Å². The van der Waals surface area contributed by atoms with Gasteiger partial charge in [0.15, 0.2) is 0 Å². The van der Waals surface area contributed by atoms with Crippen LogP contribution in [-0.2, 0) is 17.6 Å². The van der Waals surface area contributed by atoms with Crippen LogP contribution in [0.2, 0.25) is 5.02 Å². The van der Waals surface area contributed by atoms with Crippen molar-refractivity contribution in [1.82, 2.24) is 15.0 Å². The first-order valence-corrected chi connectivity index (χ1v) is 12.0. The van der Waals surface area contributed by atoms with E-state index in [-0.39, 0.29) is 6.61 Å². The van der Waals surface area contributed by atoms with Gasteiger partial charge in [-0.2, -0.15) is 0 Å². The van der Waals surface area contributed by atoms with Crippen LogP contribution in [0.15, 0.2) is 36.7 Å². The molecule has 0 saturated carbocycles. The molecule has 4 aromatic rings. The van der Waals surface area contributed by atoms with Crippen molar-refractivity contribution in [2.45, 2.75) is 33.6 Å². The topological polar surface area (TPSA) is 68.2 Å². The van der Waals surface area contributed by atoms with Gasteiger partial charge in [-0.15, -0.1) is 22.7 Å². The normalized spacial score (nSPS) is 11.1. The SMILES string of the molecule is CCOC(=O)c1c(N(c2ccccn2)c2ncc3cc(CC)sc3n2)sc(CC)c1Cl. The number of pyridine rings is 1. The molecule has 0 fully saturated rings. The molecule has 0 aliphatic rings. The van der Waals surface area contributed by atoms with E-state index < -0.39 is 5.97 Å². The molecule has 0 aliphatic carbocycles. The number of ether oxygens (including phenoxy) is 1. The van der Waals surface area contributed by atoms with Crippen molar-refractivity contribution < 1.29 is 9.53 Å². The summed E-state index contributed by atoms with van der Waals surface area (Å²) in [5.74, 6) is 0.562. The number of rotatable bonds is 7. The van der Waals surface area contributed by atoms with Crippen LogP contribution in [0.4, 0.5) is 16.8 Å². The average Bonchev–Trinajstić information content (AvgIpc) is 3.35. The molecule has 0 saturated heterocycles. The zero-order valence-electron chi connectivity index (χ0n) is 17.4. The number of fused-ring (bicyclic) bond motifs is 1. The summed E-state index contributed by atoms with van der Waals surface area (Å²) in [6.45, 7) is 6.15. The van der Waals surface area contributed by atoms with E-state index in [9.17, 15) is 4.79 Å². The molecule has 0 aromatic carbocycles. The summed E-state index contributed by atoms with van der Waals surface area (Å²) < 4.78 is 5.31. The number of carbonyl (C=O) groups is 1. The number of nitrogens with zero attached hydrogens (tertiary/aromatic N) is 4. The largest absolute Gasteiger partial charge is 0.462 e. The summed E-state index contributed by atoms with van der Waals surface area (Å²) in [5, 5.41) is 2.01. The van der Waals surface area contributed by atoms with E-state index in [0.29, 0.717) is 33.8 Å². The third-order valence-electron chi connectivity index (χ3n) is 4.64. The Morgan fingerprint density at radius 3 is 2.68 bits per heavy atom. The van der Waals surface area contributed by atoms with Crippen LogP contribution >= 0.6 is 34.3 Å². The molecule has 0 unspecified atom stereocenters. The Kier molecular flexibility index (Phi) is 6.50. The lowest BCUT2D eigenvalue weighted by molar-refractivity contribution is 0.0528. The Morgan fingerprint density at radius 2 is 2.00 bits per heavy atom. The third-order valence-corrected chi connectivity index (χ3v) is 7.68. The van der Waals surface area contributed by atoms with Crippen LogP contribution in [0.25, 0.3) is 10.2 Å². The van der Waals surface area contributed by atoms with E-state index >= 15 is 0 Å². The van der Waals surface area contributed by atoms with Crippen molar-refractivity contribution in [3.63, 3.8) is 0 Å². The van der Waals surface area contributed by atoms with Crippen molar-refractivity contribution in [2.75, 3.05) is 11.5 Å². The summed E-state index contributed by atoms with van der Waals surface area (Å²) in [7, 11) is 0. The highest BCUT2D eigenvalue weighted by atomic mass is 35.5. The number of aryl methyl sites for hydroxylation is 2. The minimum atomic E-state index is -0.468. The smallest absolute Gasteiger partial charge is 0.342 e. The van der Waals surface area contributed by atoms with Gasteiger partial charge >= 0.3 is 5.97 Å². The van der Waals surface area contributed by atoms with Crippen molar-refractivity contribution in [2.24, 2.45) is 0 Å². The first-order chi connectivity index (χ1) is 15.1. The van der Waals surface area contributed by atoms with Gasteiger partial charge in [-0.25, -0.2) is 19.7 Å². The van der Waals surface area contributed by atoms with Gasteiger partial charge in [0.2, 0.25) is 5.95 Å². The number of esters is 1. The van der Waals surface area contributed by atoms with Gasteiger partial charge in [0.25, 0.3) is 0 Å². The van der Waals surface area contributed by atoms with E-state index in [2.05, 4.69) is 23.0 Å². The summed E-state index contributed by atoms with van der Waals surface area (Å²) >= 11 is 9.69. The molecule has 0 bridgehead atoms. The predicted octanol–water partition coefficient (Wildman–Crippen LogP) is 6.57. The second kappa shape index (κ2) is 9.30. The quantitative estimate of drug-likeness (QED) is 0.283. The molecule has 4 aromatic heterocycles. The minimum absolute atomic E-state index is 0.257. The summed E-state index contributed by atoms with van der Waals surface area (Å²) in [6, 6.07) is 7.68. The molecule has 4 heterocycles. The monoisotopic (exact) mass is 472 g/mol. The second-order valence-corrected chi connectivity index (χ2v) is 9.19. The molecule has 0 atom stereocenters. The van der Waals surface area contributed by atoms with Gasteiger partial charge in [-0.3, -0.25) is 4.90 Å². The van der Waals surface area contributed by atoms with Crippen LogP contribution in [0.5, 0.6) is 0 Å². The Balaban J connectivity index is 1.94. The number of hydrogen-bond donors (Lipinski definition) is 0. The minimum Gasteiger partial charge on any atom is -0.462 e. The number of halogens is 1. The zero-order valence-corrected chi connectivity index (χ0v) is 19.8. The number of hydrogen-bond acceptors (Lipinski definition) is 8. The first kappa shape index (κ1) is 21.7. The Morgan fingerprint density at radius 1 is 1.16 bits per heavy atom. The molecule has 9 heteroatoms. The van der Waals surface area contributed by atoms with Crippen LogP contribution in [0.1, 0.15) is 40.9 Å². The highest BCUT2D eigenvalue weighted by Crippen LogP contribution is 2.45. The standard InChI is InChI=1S/C22H21ClN4O2S2/c1-4-14-11-13-12-25-22(26-19(13)30-14)27(16-9-7-8-10-24-16)20-17(21(28)29-6-3)18(23)15(5-2)31-20/h7-12H,4-6H2,1-3H3. The second-order valence-electron chi connectivity index (χ2n) is 6.61. The molecule has 0 aliphatic heterocycles. The number of thiophene rings is 2. The number of aromatic nitrogens is 3. The third kappa shape index (κ3) is 4.15. The molecule has 4 rings (SSSR count). The van der Waals surface area contributed by atoms with Gasteiger partial charge in [-0.05, 0) is 38.0 Å². The Bertz CT molecular complexity index is 1220. The predicted molar refractivity (Wildman–Crippen MR) is 127 cm³/mol. The molecular weight excluding hydrogens is 452 g/mol. The number of anilines is 3. The lowest BCUT2D eigenvalue weighted by Gasteiger charge is -2.21.